The van der Waals surface area contributed by atoms with Crippen molar-refractivity contribution < 1.29 is 18.3 Å². The van der Waals surface area contributed by atoms with Gasteiger partial charge >= 0.3 is 6.03 Å². The number of piperidine rings is 1. The lowest BCUT2D eigenvalue weighted by Crippen LogP contribution is -2.36. The summed E-state index contributed by atoms with van der Waals surface area (Å²) in [7, 11) is -4.08. The summed E-state index contributed by atoms with van der Waals surface area (Å²) in [6.07, 6.45) is 1.72. The van der Waals surface area contributed by atoms with Gasteiger partial charge in [0.15, 0.2) is 5.75 Å². The molecule has 170 valence electrons. The number of urea groups is 1. The molecule has 0 atom stereocenters. The van der Waals surface area contributed by atoms with Crippen molar-refractivity contribution in [2.45, 2.75) is 17.7 Å². The van der Waals surface area contributed by atoms with Gasteiger partial charge in [-0.05, 0) is 72.0 Å². The number of carbonyl (C=O) groups is 1. The SMILES string of the molecule is Cl.O=C(Nc1ccccc1Br)Nc1ccc(Cl)c(S(=O)(=O)NCC2CCNCC2)c1O. The minimum absolute atomic E-state index is 0. The zero-order chi connectivity index (χ0) is 21.7. The molecule has 3 rings (SSSR count). The number of nitrogens with one attached hydrogen (secondary N) is 4. The van der Waals surface area contributed by atoms with E-state index in [0.29, 0.717) is 10.2 Å². The standard InChI is InChI=1S/C19H22BrClN4O4S.ClH/c20-13-3-1-2-4-15(13)24-19(27)25-16-6-5-14(21)18(17(16)26)30(28,29)23-11-12-7-9-22-10-8-12;/h1-6,12,22-23,26H,7-11H2,(H2,24,25,27);1H. The van der Waals surface area contributed by atoms with E-state index in [2.05, 4.69) is 36.6 Å². The van der Waals surface area contributed by atoms with Crippen LogP contribution in [0.2, 0.25) is 5.02 Å². The van der Waals surface area contributed by atoms with Crippen LogP contribution in [0, 0.1) is 5.92 Å². The fourth-order valence-corrected chi connectivity index (χ4v) is 5.26. The summed E-state index contributed by atoms with van der Waals surface area (Å²) in [6.45, 7) is 1.93. The highest BCUT2D eigenvalue weighted by molar-refractivity contribution is 9.10. The molecule has 31 heavy (non-hydrogen) atoms. The topological polar surface area (TPSA) is 120 Å². The van der Waals surface area contributed by atoms with Crippen molar-refractivity contribution in [3.63, 3.8) is 0 Å². The fraction of sp³-hybridized carbons (Fsp3) is 0.316. The summed E-state index contributed by atoms with van der Waals surface area (Å²) in [5.41, 5.74) is 0.436. The van der Waals surface area contributed by atoms with E-state index >= 15 is 0 Å². The second kappa shape index (κ2) is 11.3. The van der Waals surface area contributed by atoms with Gasteiger partial charge in [0.2, 0.25) is 10.0 Å². The Morgan fingerprint density at radius 1 is 1.13 bits per heavy atom. The molecule has 1 saturated heterocycles. The molecule has 0 bridgehead atoms. The van der Waals surface area contributed by atoms with E-state index in [4.69, 9.17) is 11.6 Å². The predicted octanol–water partition coefficient (Wildman–Crippen LogP) is 4.15. The predicted molar refractivity (Wildman–Crippen MR) is 128 cm³/mol. The molecule has 0 saturated carbocycles. The lowest BCUT2D eigenvalue weighted by Gasteiger charge is -2.23. The van der Waals surface area contributed by atoms with Crippen LogP contribution in [0.15, 0.2) is 45.8 Å². The zero-order valence-corrected chi connectivity index (χ0v) is 20.3. The van der Waals surface area contributed by atoms with Gasteiger partial charge in [0.05, 0.1) is 16.4 Å². The summed E-state index contributed by atoms with van der Waals surface area (Å²) in [6, 6.07) is 8.99. The first kappa shape index (κ1) is 25.7. The molecule has 2 aromatic rings. The monoisotopic (exact) mass is 552 g/mol. The third-order valence-electron chi connectivity index (χ3n) is 4.74. The van der Waals surface area contributed by atoms with E-state index in [0.717, 1.165) is 25.9 Å². The first-order valence-corrected chi connectivity index (χ1v) is 12.0. The van der Waals surface area contributed by atoms with Crippen LogP contribution in [0.25, 0.3) is 0 Å². The van der Waals surface area contributed by atoms with Crippen LogP contribution in [-0.4, -0.2) is 39.2 Å². The Hall–Kier alpha value is -1.56. The third-order valence-corrected chi connectivity index (χ3v) is 7.36. The summed E-state index contributed by atoms with van der Waals surface area (Å²) in [5, 5.41) is 18.7. The zero-order valence-electron chi connectivity index (χ0n) is 16.3. The van der Waals surface area contributed by atoms with Gasteiger partial charge < -0.3 is 21.1 Å². The average Bonchev–Trinajstić information content (AvgIpc) is 2.71. The highest BCUT2D eigenvalue weighted by Crippen LogP contribution is 2.37. The number of phenolic OH excluding ortho intramolecular Hbond substituents is 1. The minimum atomic E-state index is -4.08. The molecule has 0 aromatic heterocycles. The Morgan fingerprint density at radius 2 is 1.77 bits per heavy atom. The van der Waals surface area contributed by atoms with Crippen molar-refractivity contribution in [2.24, 2.45) is 5.92 Å². The second-order valence-electron chi connectivity index (χ2n) is 6.88. The van der Waals surface area contributed by atoms with E-state index in [1.54, 1.807) is 24.3 Å². The number of phenols is 1. The van der Waals surface area contributed by atoms with Crippen molar-refractivity contribution >= 4 is 67.4 Å². The molecule has 2 amide bonds. The number of halogens is 3. The summed E-state index contributed by atoms with van der Waals surface area (Å²) >= 11 is 9.39. The van der Waals surface area contributed by atoms with Crippen LogP contribution in [0.5, 0.6) is 5.75 Å². The van der Waals surface area contributed by atoms with Crippen molar-refractivity contribution in [3.05, 3.63) is 45.9 Å². The molecule has 0 spiro atoms. The van der Waals surface area contributed by atoms with Crippen molar-refractivity contribution in [1.82, 2.24) is 10.0 Å². The number of benzene rings is 2. The van der Waals surface area contributed by atoms with Crippen LogP contribution >= 0.6 is 39.9 Å². The maximum Gasteiger partial charge on any atom is 0.323 e. The number of hydrogen-bond acceptors (Lipinski definition) is 5. The quantitative estimate of drug-likeness (QED) is 0.344. The van der Waals surface area contributed by atoms with E-state index in [9.17, 15) is 18.3 Å². The number of sulfonamides is 1. The number of anilines is 2. The normalized spacial score (nSPS) is 14.5. The Kier molecular flexibility index (Phi) is 9.41. The van der Waals surface area contributed by atoms with Crippen molar-refractivity contribution in [3.8, 4) is 5.75 Å². The largest absolute Gasteiger partial charge is 0.504 e. The number of para-hydroxylation sites is 1. The van der Waals surface area contributed by atoms with Gasteiger partial charge in [0.1, 0.15) is 4.90 Å². The minimum Gasteiger partial charge on any atom is -0.504 e. The van der Waals surface area contributed by atoms with Crippen LogP contribution in [-0.2, 0) is 10.0 Å². The van der Waals surface area contributed by atoms with E-state index in [1.165, 1.54) is 12.1 Å². The van der Waals surface area contributed by atoms with Gasteiger partial charge in [-0.1, -0.05) is 23.7 Å². The lowest BCUT2D eigenvalue weighted by atomic mass is 9.99. The maximum absolute atomic E-state index is 12.8. The molecule has 2 aromatic carbocycles. The maximum atomic E-state index is 12.8. The molecule has 1 heterocycles. The number of aromatic hydroxyl groups is 1. The van der Waals surface area contributed by atoms with Gasteiger partial charge in [-0.15, -0.1) is 12.4 Å². The first-order valence-electron chi connectivity index (χ1n) is 9.32. The van der Waals surface area contributed by atoms with Gasteiger partial charge in [0.25, 0.3) is 0 Å². The van der Waals surface area contributed by atoms with Gasteiger partial charge in [-0.3, -0.25) is 0 Å². The molecule has 1 aliphatic rings. The fourth-order valence-electron chi connectivity index (χ4n) is 3.13. The van der Waals surface area contributed by atoms with Crippen LogP contribution in [0.3, 0.4) is 0 Å². The highest BCUT2D eigenvalue weighted by Gasteiger charge is 2.26. The average molecular weight is 554 g/mol. The summed E-state index contributed by atoms with van der Waals surface area (Å²) in [5.74, 6) is -0.416. The van der Waals surface area contributed by atoms with E-state index in [-0.39, 0.29) is 35.6 Å². The molecule has 8 nitrogen and oxygen atoms in total. The number of hydrogen-bond donors (Lipinski definition) is 5. The first-order chi connectivity index (χ1) is 14.3. The van der Waals surface area contributed by atoms with Crippen molar-refractivity contribution in [1.29, 1.82) is 0 Å². The number of rotatable bonds is 6. The molecular weight excluding hydrogens is 531 g/mol. The Bertz CT molecular complexity index is 1030. The molecule has 1 fully saturated rings. The molecule has 12 heteroatoms. The lowest BCUT2D eigenvalue weighted by molar-refractivity contribution is 0.262. The molecule has 0 aliphatic carbocycles. The van der Waals surface area contributed by atoms with E-state index in [1.807, 2.05) is 0 Å². The highest BCUT2D eigenvalue weighted by atomic mass is 79.9. The Morgan fingerprint density at radius 3 is 2.45 bits per heavy atom. The second-order valence-corrected chi connectivity index (χ2v) is 9.84. The van der Waals surface area contributed by atoms with Crippen LogP contribution in [0.1, 0.15) is 12.8 Å². The molecule has 0 unspecified atom stereocenters. The molecule has 1 aliphatic heterocycles. The Balaban J connectivity index is 0.00000341. The summed E-state index contributed by atoms with van der Waals surface area (Å²) < 4.78 is 28.8. The van der Waals surface area contributed by atoms with Crippen molar-refractivity contribution in [2.75, 3.05) is 30.3 Å². The molecule has 0 radical (unpaired) electrons. The molecular formula is C19H23BrCl2N4O4S. The van der Waals surface area contributed by atoms with E-state index < -0.39 is 26.7 Å². The Labute approximate surface area is 200 Å². The number of amides is 2. The van der Waals surface area contributed by atoms with Gasteiger partial charge in [-0.2, -0.15) is 0 Å². The third kappa shape index (κ3) is 6.71. The van der Waals surface area contributed by atoms with Crippen LogP contribution in [0.4, 0.5) is 16.2 Å². The molecule has 5 N–H and O–H groups in total. The number of carbonyl (C=O) groups excluding carboxylic acids is 1. The van der Waals surface area contributed by atoms with Gasteiger partial charge in [0, 0.05) is 11.0 Å². The van der Waals surface area contributed by atoms with Gasteiger partial charge in [-0.25, -0.2) is 17.9 Å². The summed E-state index contributed by atoms with van der Waals surface area (Å²) in [4.78, 5) is 11.8. The van der Waals surface area contributed by atoms with Crippen LogP contribution < -0.4 is 20.7 Å². The smallest absolute Gasteiger partial charge is 0.323 e.